The van der Waals surface area contributed by atoms with E-state index >= 15 is 0 Å². The Morgan fingerprint density at radius 3 is 2.56 bits per heavy atom. The summed E-state index contributed by atoms with van der Waals surface area (Å²) in [5.41, 5.74) is 1.68. The molecule has 0 aliphatic rings. The van der Waals surface area contributed by atoms with Crippen LogP contribution in [-0.2, 0) is 9.63 Å². The zero-order valence-electron chi connectivity index (χ0n) is 15.7. The molecule has 0 fully saturated rings. The molecule has 7 nitrogen and oxygen atoms in total. The van der Waals surface area contributed by atoms with E-state index in [1.165, 1.54) is 13.1 Å². The number of Topliss-reactive ketones (excluding diaryl/α,β-unsaturated/α-hetero) is 1. The van der Waals surface area contributed by atoms with E-state index in [1.54, 1.807) is 63.6 Å². The van der Waals surface area contributed by atoms with Crippen molar-refractivity contribution in [3.63, 3.8) is 0 Å². The first-order valence-electron chi connectivity index (χ1n) is 8.27. The van der Waals surface area contributed by atoms with Crippen molar-refractivity contribution in [2.45, 2.75) is 20.0 Å². The van der Waals surface area contributed by atoms with E-state index in [4.69, 9.17) is 14.3 Å². The second-order valence-electron chi connectivity index (χ2n) is 5.72. The maximum atomic E-state index is 12.2. The fourth-order valence-corrected chi connectivity index (χ4v) is 2.23. The predicted octanol–water partition coefficient (Wildman–Crippen LogP) is 3.28. The van der Waals surface area contributed by atoms with E-state index in [2.05, 4.69) is 10.5 Å². The number of carbonyl (C=O) groups excluding carboxylic acids is 2. The molecule has 0 aromatic heterocycles. The van der Waals surface area contributed by atoms with Crippen molar-refractivity contribution in [3.05, 3.63) is 53.6 Å². The Balaban J connectivity index is 2.00. The number of methoxy groups -OCH3 is 2. The molecule has 0 aliphatic carbocycles. The molecule has 2 aromatic carbocycles. The summed E-state index contributed by atoms with van der Waals surface area (Å²) in [5.74, 6) is 0.785. The van der Waals surface area contributed by atoms with Gasteiger partial charge >= 0.3 is 0 Å². The first-order valence-corrected chi connectivity index (χ1v) is 8.27. The fourth-order valence-electron chi connectivity index (χ4n) is 2.23. The summed E-state index contributed by atoms with van der Waals surface area (Å²) in [6, 6.07) is 11.9. The molecule has 2 rings (SSSR count). The molecule has 1 N–H and O–H groups in total. The molecule has 1 unspecified atom stereocenters. The van der Waals surface area contributed by atoms with Crippen LogP contribution in [0.25, 0.3) is 0 Å². The second kappa shape index (κ2) is 9.38. The first-order chi connectivity index (χ1) is 12.9. The summed E-state index contributed by atoms with van der Waals surface area (Å²) in [4.78, 5) is 28.9. The number of oxime groups is 1. The minimum Gasteiger partial charge on any atom is -0.497 e. The van der Waals surface area contributed by atoms with Crippen molar-refractivity contribution in [3.8, 4) is 11.5 Å². The number of amides is 1. The number of benzene rings is 2. The van der Waals surface area contributed by atoms with E-state index in [0.29, 0.717) is 28.3 Å². The lowest BCUT2D eigenvalue weighted by Crippen LogP contribution is -2.26. The van der Waals surface area contributed by atoms with Gasteiger partial charge in [-0.3, -0.25) is 9.59 Å². The normalized spacial score (nSPS) is 11.7. The van der Waals surface area contributed by atoms with Gasteiger partial charge in [0.2, 0.25) is 6.10 Å². The van der Waals surface area contributed by atoms with Crippen LogP contribution in [0.3, 0.4) is 0 Å². The van der Waals surface area contributed by atoms with E-state index < -0.39 is 6.10 Å². The summed E-state index contributed by atoms with van der Waals surface area (Å²) in [7, 11) is 3.11. The number of nitrogens with one attached hydrogen (secondary N) is 1. The molecule has 7 heteroatoms. The molecule has 142 valence electrons. The van der Waals surface area contributed by atoms with Crippen LogP contribution in [0, 0.1) is 0 Å². The Morgan fingerprint density at radius 2 is 1.89 bits per heavy atom. The number of nitrogens with zero attached hydrogens (tertiary/aromatic N) is 1. The van der Waals surface area contributed by atoms with Crippen LogP contribution in [0.2, 0.25) is 0 Å². The van der Waals surface area contributed by atoms with Gasteiger partial charge in [-0.25, -0.2) is 0 Å². The van der Waals surface area contributed by atoms with Gasteiger partial charge in [-0.15, -0.1) is 0 Å². The van der Waals surface area contributed by atoms with Gasteiger partial charge in [0.15, 0.2) is 5.78 Å². The third kappa shape index (κ3) is 5.57. The number of carbonyl (C=O) groups is 2. The Hall–Kier alpha value is -3.35. The molecular formula is C20H22N2O5. The highest BCUT2D eigenvalue weighted by Gasteiger charge is 2.15. The number of ketones is 1. The van der Waals surface area contributed by atoms with E-state index in [-0.39, 0.29) is 11.7 Å². The number of hydrogen-bond acceptors (Lipinski definition) is 6. The third-order valence-electron chi connectivity index (χ3n) is 3.75. The maximum Gasteiger partial charge on any atom is 0.267 e. The molecule has 1 amide bonds. The predicted molar refractivity (Wildman–Crippen MR) is 103 cm³/mol. The van der Waals surface area contributed by atoms with E-state index in [1.807, 2.05) is 0 Å². The van der Waals surface area contributed by atoms with Gasteiger partial charge in [0.25, 0.3) is 5.91 Å². The second-order valence-corrected chi connectivity index (χ2v) is 5.72. The monoisotopic (exact) mass is 370 g/mol. The topological polar surface area (TPSA) is 86.2 Å². The maximum absolute atomic E-state index is 12.2. The van der Waals surface area contributed by atoms with Gasteiger partial charge < -0.3 is 19.6 Å². The molecule has 27 heavy (non-hydrogen) atoms. The minimum absolute atomic E-state index is 0.0766. The van der Waals surface area contributed by atoms with Crippen molar-refractivity contribution in [2.75, 3.05) is 19.5 Å². The van der Waals surface area contributed by atoms with Crippen molar-refractivity contribution in [2.24, 2.45) is 5.16 Å². The lowest BCUT2D eigenvalue weighted by molar-refractivity contribution is -0.126. The van der Waals surface area contributed by atoms with Gasteiger partial charge in [-0.05, 0) is 44.2 Å². The fraction of sp³-hybridized carbons (Fsp3) is 0.250. The quantitative estimate of drug-likeness (QED) is 0.438. The van der Waals surface area contributed by atoms with E-state index in [9.17, 15) is 9.59 Å². The number of rotatable bonds is 8. The average Bonchev–Trinajstić information content (AvgIpc) is 2.67. The Bertz CT molecular complexity index is 848. The van der Waals surface area contributed by atoms with Crippen molar-refractivity contribution in [1.82, 2.24) is 0 Å². The van der Waals surface area contributed by atoms with Gasteiger partial charge in [0, 0.05) is 16.8 Å². The minimum atomic E-state index is -0.834. The van der Waals surface area contributed by atoms with Crippen LogP contribution in [-0.4, -0.2) is 38.2 Å². The highest BCUT2D eigenvalue weighted by Crippen LogP contribution is 2.22. The molecule has 1 atom stereocenters. The van der Waals surface area contributed by atoms with Crippen LogP contribution in [0.1, 0.15) is 29.8 Å². The Kier molecular flexibility index (Phi) is 6.93. The molecule has 0 radical (unpaired) electrons. The van der Waals surface area contributed by atoms with Crippen LogP contribution in [0.15, 0.2) is 47.6 Å². The number of hydrogen-bond donors (Lipinski definition) is 1. The molecule has 0 saturated heterocycles. The zero-order valence-corrected chi connectivity index (χ0v) is 15.7. The zero-order chi connectivity index (χ0) is 19.8. The van der Waals surface area contributed by atoms with E-state index in [0.717, 1.165) is 0 Å². The third-order valence-corrected chi connectivity index (χ3v) is 3.75. The highest BCUT2D eigenvalue weighted by molar-refractivity contribution is 5.98. The summed E-state index contributed by atoms with van der Waals surface area (Å²) in [6.45, 7) is 3.04. The Labute approximate surface area is 157 Å². The summed E-state index contributed by atoms with van der Waals surface area (Å²) in [5, 5.41) is 6.55. The molecule has 0 bridgehead atoms. The first kappa shape index (κ1) is 20.0. The molecule has 0 spiro atoms. The molecule has 0 heterocycles. The lowest BCUT2D eigenvalue weighted by atomic mass is 10.1. The van der Waals surface area contributed by atoms with Gasteiger partial charge in [0.1, 0.15) is 11.5 Å². The number of ether oxygens (including phenoxy) is 2. The van der Waals surface area contributed by atoms with Crippen molar-refractivity contribution in [1.29, 1.82) is 0 Å². The number of anilines is 1. The van der Waals surface area contributed by atoms with Crippen LogP contribution < -0.4 is 14.8 Å². The largest absolute Gasteiger partial charge is 0.497 e. The van der Waals surface area contributed by atoms with Gasteiger partial charge in [0.05, 0.1) is 20.4 Å². The van der Waals surface area contributed by atoms with Crippen molar-refractivity contribution < 1.29 is 23.9 Å². The van der Waals surface area contributed by atoms with Crippen LogP contribution in [0.5, 0.6) is 11.5 Å². The highest BCUT2D eigenvalue weighted by atomic mass is 16.6. The van der Waals surface area contributed by atoms with Crippen molar-refractivity contribution >= 4 is 23.6 Å². The molecular weight excluding hydrogens is 348 g/mol. The average molecular weight is 370 g/mol. The standard InChI is InChI=1S/C20H22N2O5/c1-13(23)15-6-5-7-17(10-15)22-20(24)14(2)27-21-12-16-11-18(25-3)8-9-19(16)26-4/h5-12,14H,1-4H3,(H,22,24)/b21-12+. The molecule has 2 aromatic rings. The van der Waals surface area contributed by atoms with Gasteiger partial charge in [-0.2, -0.15) is 0 Å². The smallest absolute Gasteiger partial charge is 0.267 e. The van der Waals surface area contributed by atoms with Gasteiger partial charge in [-0.1, -0.05) is 17.3 Å². The summed E-state index contributed by atoms with van der Waals surface area (Å²) >= 11 is 0. The summed E-state index contributed by atoms with van der Waals surface area (Å²) < 4.78 is 10.4. The lowest BCUT2D eigenvalue weighted by Gasteiger charge is -2.11. The SMILES string of the molecule is COc1ccc(OC)c(/C=N/OC(C)C(=O)Nc2cccc(C(C)=O)c2)c1. The Morgan fingerprint density at radius 1 is 1.11 bits per heavy atom. The molecule has 0 aliphatic heterocycles. The summed E-state index contributed by atoms with van der Waals surface area (Å²) in [6.07, 6.45) is 0.612. The molecule has 0 saturated carbocycles. The van der Waals surface area contributed by atoms with Crippen LogP contribution in [0.4, 0.5) is 5.69 Å². The van der Waals surface area contributed by atoms with Crippen LogP contribution >= 0.6 is 0 Å².